The normalized spacial score (nSPS) is 17.4. The predicted molar refractivity (Wildman–Crippen MR) is 97.0 cm³/mol. The van der Waals surface area contributed by atoms with Crippen molar-refractivity contribution in [3.8, 4) is 5.69 Å². The summed E-state index contributed by atoms with van der Waals surface area (Å²) in [5.41, 5.74) is 3.96. The first-order valence-electron chi connectivity index (χ1n) is 8.94. The van der Waals surface area contributed by atoms with Crippen LogP contribution in [0.2, 0.25) is 0 Å². The first-order valence-corrected chi connectivity index (χ1v) is 8.94. The molecule has 7 nitrogen and oxygen atoms in total. The van der Waals surface area contributed by atoms with Gasteiger partial charge < -0.3 is 4.90 Å². The average molecular weight is 350 g/mol. The standard InChI is InChI=1S/C19H22N6O/c1-14-10-20-23-18(14)8-15-4-3-7-24(11-15)19(26)16-5-2-6-17(9-16)25-12-21-22-13-25/h2,5-6,9-10,12-13,15H,3-4,7-8,11H2,1H3,(H,20,23). The van der Waals surface area contributed by atoms with E-state index in [1.54, 1.807) is 17.2 Å². The van der Waals surface area contributed by atoms with Crippen LogP contribution in [0.1, 0.15) is 34.5 Å². The molecule has 3 aromatic rings. The number of nitrogens with zero attached hydrogens (tertiary/aromatic N) is 5. The van der Waals surface area contributed by atoms with Gasteiger partial charge in [-0.25, -0.2) is 0 Å². The van der Waals surface area contributed by atoms with E-state index in [-0.39, 0.29) is 5.91 Å². The highest BCUT2D eigenvalue weighted by Gasteiger charge is 2.25. The number of aromatic nitrogens is 5. The van der Waals surface area contributed by atoms with Crippen LogP contribution in [0.3, 0.4) is 0 Å². The van der Waals surface area contributed by atoms with Crippen LogP contribution in [0.5, 0.6) is 0 Å². The Morgan fingerprint density at radius 3 is 2.92 bits per heavy atom. The van der Waals surface area contributed by atoms with Crippen molar-refractivity contribution >= 4 is 5.91 Å². The van der Waals surface area contributed by atoms with E-state index in [0.29, 0.717) is 11.5 Å². The van der Waals surface area contributed by atoms with Gasteiger partial charge in [0.1, 0.15) is 12.7 Å². The van der Waals surface area contributed by atoms with Gasteiger partial charge in [0.2, 0.25) is 0 Å². The molecular weight excluding hydrogens is 328 g/mol. The van der Waals surface area contributed by atoms with Gasteiger partial charge in [0.05, 0.1) is 6.20 Å². The van der Waals surface area contributed by atoms with Crippen molar-refractivity contribution in [3.05, 3.63) is 59.9 Å². The van der Waals surface area contributed by atoms with Gasteiger partial charge in [-0.2, -0.15) is 5.10 Å². The van der Waals surface area contributed by atoms with Crippen molar-refractivity contribution in [3.63, 3.8) is 0 Å². The molecule has 1 atom stereocenters. The number of aryl methyl sites for hydroxylation is 1. The van der Waals surface area contributed by atoms with E-state index in [2.05, 4.69) is 27.3 Å². The number of H-pyrrole nitrogens is 1. The van der Waals surface area contributed by atoms with Crippen LogP contribution < -0.4 is 0 Å². The lowest BCUT2D eigenvalue weighted by molar-refractivity contribution is 0.0672. The maximum atomic E-state index is 13.0. The van der Waals surface area contributed by atoms with Gasteiger partial charge in [0.25, 0.3) is 5.91 Å². The number of amides is 1. The molecule has 1 amide bonds. The van der Waals surface area contributed by atoms with Gasteiger partial charge in [-0.3, -0.25) is 14.5 Å². The molecule has 1 aliphatic heterocycles. The zero-order valence-electron chi connectivity index (χ0n) is 14.8. The third kappa shape index (κ3) is 3.37. The molecule has 4 rings (SSSR count). The Bertz CT molecular complexity index is 885. The molecule has 7 heteroatoms. The molecule has 1 aromatic carbocycles. The summed E-state index contributed by atoms with van der Waals surface area (Å²) in [7, 11) is 0. The highest BCUT2D eigenvalue weighted by molar-refractivity contribution is 5.94. The molecule has 0 bridgehead atoms. The molecule has 1 unspecified atom stereocenters. The molecule has 1 aliphatic rings. The number of benzene rings is 1. The highest BCUT2D eigenvalue weighted by Crippen LogP contribution is 2.23. The number of rotatable bonds is 4. The summed E-state index contributed by atoms with van der Waals surface area (Å²) < 4.78 is 1.80. The molecular formula is C19H22N6O. The molecule has 0 saturated carbocycles. The Morgan fingerprint density at radius 2 is 2.15 bits per heavy atom. The molecule has 1 saturated heterocycles. The first kappa shape index (κ1) is 16.5. The summed E-state index contributed by atoms with van der Waals surface area (Å²) in [6.07, 6.45) is 8.24. The predicted octanol–water partition coefficient (Wildman–Crippen LogP) is 2.39. The van der Waals surface area contributed by atoms with Crippen molar-refractivity contribution in [2.45, 2.75) is 26.2 Å². The minimum Gasteiger partial charge on any atom is -0.338 e. The molecule has 1 N–H and O–H groups in total. The van der Waals surface area contributed by atoms with Crippen LogP contribution in [-0.4, -0.2) is 48.9 Å². The summed E-state index contributed by atoms with van der Waals surface area (Å²) in [4.78, 5) is 15.0. The molecule has 1 fully saturated rings. The van der Waals surface area contributed by atoms with Crippen LogP contribution in [0, 0.1) is 12.8 Å². The van der Waals surface area contributed by atoms with Crippen molar-refractivity contribution < 1.29 is 4.79 Å². The second-order valence-corrected chi connectivity index (χ2v) is 6.91. The smallest absolute Gasteiger partial charge is 0.253 e. The number of nitrogens with one attached hydrogen (secondary N) is 1. The van der Waals surface area contributed by atoms with Crippen LogP contribution in [-0.2, 0) is 6.42 Å². The molecule has 0 spiro atoms. The van der Waals surface area contributed by atoms with Crippen molar-refractivity contribution in [1.29, 1.82) is 0 Å². The maximum Gasteiger partial charge on any atom is 0.253 e. The highest BCUT2D eigenvalue weighted by atomic mass is 16.2. The third-order valence-electron chi connectivity index (χ3n) is 5.04. The van der Waals surface area contributed by atoms with Crippen LogP contribution in [0.4, 0.5) is 0 Å². The number of likely N-dealkylation sites (tertiary alicyclic amines) is 1. The van der Waals surface area contributed by atoms with Gasteiger partial charge in [0, 0.05) is 30.0 Å². The number of hydrogen-bond donors (Lipinski definition) is 1. The Hall–Kier alpha value is -2.96. The zero-order valence-corrected chi connectivity index (χ0v) is 14.8. The van der Waals surface area contributed by atoms with Crippen LogP contribution in [0.25, 0.3) is 5.69 Å². The number of piperidine rings is 1. The van der Waals surface area contributed by atoms with Crippen LogP contribution in [0.15, 0.2) is 43.1 Å². The summed E-state index contributed by atoms with van der Waals surface area (Å²) in [6.45, 7) is 3.67. The largest absolute Gasteiger partial charge is 0.338 e. The summed E-state index contributed by atoms with van der Waals surface area (Å²) in [6, 6.07) is 7.62. The second-order valence-electron chi connectivity index (χ2n) is 6.91. The number of carbonyl (C=O) groups is 1. The lowest BCUT2D eigenvalue weighted by atomic mass is 9.92. The lowest BCUT2D eigenvalue weighted by Gasteiger charge is -2.33. The van der Waals surface area contributed by atoms with Crippen molar-refractivity contribution in [2.24, 2.45) is 5.92 Å². The zero-order chi connectivity index (χ0) is 17.9. The Labute approximate surface area is 152 Å². The minimum atomic E-state index is 0.0888. The Kier molecular flexibility index (Phi) is 4.51. The molecule has 2 aromatic heterocycles. The molecule has 26 heavy (non-hydrogen) atoms. The summed E-state index contributed by atoms with van der Waals surface area (Å²) in [5, 5.41) is 14.8. The second kappa shape index (κ2) is 7.11. The number of hydrogen-bond acceptors (Lipinski definition) is 4. The third-order valence-corrected chi connectivity index (χ3v) is 5.04. The fourth-order valence-electron chi connectivity index (χ4n) is 3.60. The molecule has 0 aliphatic carbocycles. The van der Waals surface area contributed by atoms with Gasteiger partial charge >= 0.3 is 0 Å². The van der Waals surface area contributed by atoms with Gasteiger partial charge in [-0.05, 0) is 55.9 Å². The van der Waals surface area contributed by atoms with Crippen LogP contribution >= 0.6 is 0 Å². The Morgan fingerprint density at radius 1 is 1.31 bits per heavy atom. The van der Waals surface area contributed by atoms with E-state index in [0.717, 1.165) is 38.0 Å². The van der Waals surface area contributed by atoms with E-state index in [1.165, 1.54) is 11.3 Å². The maximum absolute atomic E-state index is 13.0. The van der Waals surface area contributed by atoms with E-state index < -0.39 is 0 Å². The minimum absolute atomic E-state index is 0.0888. The quantitative estimate of drug-likeness (QED) is 0.783. The van der Waals surface area contributed by atoms with Gasteiger partial charge in [0.15, 0.2) is 0 Å². The summed E-state index contributed by atoms with van der Waals surface area (Å²) >= 11 is 0. The van der Waals surface area contributed by atoms with E-state index in [4.69, 9.17) is 0 Å². The van der Waals surface area contributed by atoms with E-state index in [9.17, 15) is 4.79 Å². The van der Waals surface area contributed by atoms with Crippen molar-refractivity contribution in [1.82, 2.24) is 29.9 Å². The average Bonchev–Trinajstić information content (AvgIpc) is 3.34. The van der Waals surface area contributed by atoms with Gasteiger partial charge in [-0.15, -0.1) is 10.2 Å². The monoisotopic (exact) mass is 350 g/mol. The molecule has 0 radical (unpaired) electrons. The van der Waals surface area contributed by atoms with Crippen molar-refractivity contribution in [2.75, 3.05) is 13.1 Å². The fourth-order valence-corrected chi connectivity index (χ4v) is 3.60. The van der Waals surface area contributed by atoms with Gasteiger partial charge in [-0.1, -0.05) is 6.07 Å². The van der Waals surface area contributed by atoms with E-state index >= 15 is 0 Å². The number of carbonyl (C=O) groups excluding carboxylic acids is 1. The topological polar surface area (TPSA) is 79.7 Å². The molecule has 3 heterocycles. The number of aromatic amines is 1. The first-order chi connectivity index (χ1) is 12.7. The molecule has 134 valence electrons. The Balaban J connectivity index is 1.47. The van der Waals surface area contributed by atoms with E-state index in [1.807, 2.05) is 35.4 Å². The SMILES string of the molecule is Cc1cn[nH]c1CC1CCCN(C(=O)c2cccc(-n3cnnc3)c2)C1. The fraction of sp³-hybridized carbons (Fsp3) is 0.368. The lowest BCUT2D eigenvalue weighted by Crippen LogP contribution is -2.40. The summed E-state index contributed by atoms with van der Waals surface area (Å²) in [5.74, 6) is 0.554.